The minimum atomic E-state index is -3.23. The molecule has 1 saturated heterocycles. The largest absolute Gasteiger partial charge is 0.490 e. The zero-order valence-electron chi connectivity index (χ0n) is 17.9. The Bertz CT molecular complexity index is 1120. The quantitative estimate of drug-likeness (QED) is 0.577. The third-order valence-corrected chi connectivity index (χ3v) is 6.69. The number of anilines is 1. The van der Waals surface area contributed by atoms with Crippen molar-refractivity contribution in [2.75, 3.05) is 24.2 Å². The first-order chi connectivity index (χ1) is 14.9. The van der Waals surface area contributed by atoms with E-state index in [2.05, 4.69) is 21.8 Å². The zero-order chi connectivity index (χ0) is 21.8. The number of sulfone groups is 1. The van der Waals surface area contributed by atoms with Gasteiger partial charge in [0.05, 0.1) is 4.90 Å². The molecule has 2 heterocycles. The number of benzene rings is 2. The summed E-state index contributed by atoms with van der Waals surface area (Å²) in [6, 6.07) is 14.8. The van der Waals surface area contributed by atoms with Crippen LogP contribution in [-0.2, 0) is 16.3 Å². The molecule has 1 aliphatic heterocycles. The summed E-state index contributed by atoms with van der Waals surface area (Å²) < 4.78 is 29.8. The maximum atomic E-state index is 11.8. The fourth-order valence-electron chi connectivity index (χ4n) is 3.69. The molecule has 0 spiro atoms. The molecule has 3 aromatic rings. The number of piperidine rings is 1. The molecule has 0 radical (unpaired) electrons. The van der Waals surface area contributed by atoms with Crippen LogP contribution in [0.4, 0.5) is 5.95 Å². The molecule has 0 amide bonds. The number of ether oxygens (including phenoxy) is 1. The van der Waals surface area contributed by atoms with Crippen molar-refractivity contribution in [2.45, 2.75) is 37.2 Å². The van der Waals surface area contributed by atoms with E-state index in [1.54, 1.807) is 18.2 Å². The molecular formula is C24H27N3O3S. The molecule has 0 N–H and O–H groups in total. The molecule has 1 aliphatic rings. The number of aromatic nitrogens is 2. The van der Waals surface area contributed by atoms with Gasteiger partial charge in [0.25, 0.3) is 0 Å². The summed E-state index contributed by atoms with van der Waals surface area (Å²) in [5.41, 5.74) is 2.98. The maximum Gasteiger partial charge on any atom is 0.225 e. The van der Waals surface area contributed by atoms with Crippen molar-refractivity contribution in [3.8, 4) is 16.9 Å². The van der Waals surface area contributed by atoms with E-state index in [9.17, 15) is 8.42 Å². The Morgan fingerprint density at radius 2 is 1.68 bits per heavy atom. The minimum Gasteiger partial charge on any atom is -0.490 e. The van der Waals surface area contributed by atoms with Crippen molar-refractivity contribution in [2.24, 2.45) is 0 Å². The number of hydrogen-bond donors (Lipinski definition) is 0. The number of aryl methyl sites for hydroxylation is 1. The van der Waals surface area contributed by atoms with E-state index in [0.717, 1.165) is 60.7 Å². The highest BCUT2D eigenvalue weighted by Crippen LogP contribution is 2.26. The van der Waals surface area contributed by atoms with E-state index in [4.69, 9.17) is 4.74 Å². The standard InChI is InChI=1S/C24H27N3O3S/c1-3-18-16-25-24(26-17-18)27-13-11-22(12-14-27)30-21-9-7-19(8-10-21)20-5-4-6-23(15-20)31(2,28)29/h4-10,15-17,22H,3,11-14H2,1-2H3. The molecule has 1 aromatic heterocycles. The average molecular weight is 438 g/mol. The lowest BCUT2D eigenvalue weighted by Crippen LogP contribution is -2.39. The summed E-state index contributed by atoms with van der Waals surface area (Å²) in [7, 11) is -3.23. The van der Waals surface area contributed by atoms with Gasteiger partial charge >= 0.3 is 0 Å². The van der Waals surface area contributed by atoms with Gasteiger partial charge in [-0.1, -0.05) is 31.2 Å². The Hall–Kier alpha value is -2.93. The molecule has 6 nitrogen and oxygen atoms in total. The smallest absolute Gasteiger partial charge is 0.225 e. The van der Waals surface area contributed by atoms with Crippen LogP contribution < -0.4 is 9.64 Å². The minimum absolute atomic E-state index is 0.158. The van der Waals surface area contributed by atoms with E-state index in [1.807, 2.05) is 42.7 Å². The van der Waals surface area contributed by atoms with Crippen LogP contribution in [0.1, 0.15) is 25.3 Å². The fourth-order valence-corrected chi connectivity index (χ4v) is 4.36. The predicted molar refractivity (Wildman–Crippen MR) is 122 cm³/mol. The van der Waals surface area contributed by atoms with Crippen molar-refractivity contribution in [1.29, 1.82) is 0 Å². The van der Waals surface area contributed by atoms with Gasteiger partial charge in [0.2, 0.25) is 5.95 Å². The lowest BCUT2D eigenvalue weighted by molar-refractivity contribution is 0.170. The molecule has 31 heavy (non-hydrogen) atoms. The molecular weight excluding hydrogens is 410 g/mol. The Morgan fingerprint density at radius 3 is 2.29 bits per heavy atom. The highest BCUT2D eigenvalue weighted by atomic mass is 32.2. The maximum absolute atomic E-state index is 11.8. The number of nitrogens with zero attached hydrogens (tertiary/aromatic N) is 3. The Morgan fingerprint density at radius 1 is 1.00 bits per heavy atom. The second-order valence-corrected chi connectivity index (χ2v) is 9.89. The van der Waals surface area contributed by atoms with Crippen LogP contribution in [0.2, 0.25) is 0 Å². The highest BCUT2D eigenvalue weighted by Gasteiger charge is 2.22. The second-order valence-electron chi connectivity index (χ2n) is 7.87. The van der Waals surface area contributed by atoms with Gasteiger partial charge in [0.1, 0.15) is 11.9 Å². The first kappa shape index (κ1) is 21.3. The van der Waals surface area contributed by atoms with Crippen LogP contribution in [0.3, 0.4) is 0 Å². The van der Waals surface area contributed by atoms with Gasteiger partial charge < -0.3 is 9.64 Å². The summed E-state index contributed by atoms with van der Waals surface area (Å²) >= 11 is 0. The van der Waals surface area contributed by atoms with Crippen LogP contribution in [0.5, 0.6) is 5.75 Å². The second kappa shape index (κ2) is 9.06. The molecule has 4 rings (SSSR count). The van der Waals surface area contributed by atoms with Gasteiger partial charge in [-0.15, -0.1) is 0 Å². The topological polar surface area (TPSA) is 72.4 Å². The average Bonchev–Trinajstić information content (AvgIpc) is 2.80. The summed E-state index contributed by atoms with van der Waals surface area (Å²) in [6.45, 7) is 3.83. The Balaban J connectivity index is 1.36. The predicted octanol–water partition coefficient (Wildman–Crippen LogP) is 4.16. The van der Waals surface area contributed by atoms with Crippen LogP contribution in [-0.4, -0.2) is 43.8 Å². The van der Waals surface area contributed by atoms with E-state index >= 15 is 0 Å². The van der Waals surface area contributed by atoms with Crippen molar-refractivity contribution in [3.63, 3.8) is 0 Å². The molecule has 2 aromatic carbocycles. The molecule has 7 heteroatoms. The molecule has 0 unspecified atom stereocenters. The summed E-state index contributed by atoms with van der Waals surface area (Å²) in [5, 5.41) is 0. The van der Waals surface area contributed by atoms with E-state index in [1.165, 1.54) is 6.26 Å². The van der Waals surface area contributed by atoms with Crippen molar-refractivity contribution < 1.29 is 13.2 Å². The molecule has 1 fully saturated rings. The molecule has 162 valence electrons. The summed E-state index contributed by atoms with van der Waals surface area (Å²) in [4.78, 5) is 11.5. The summed E-state index contributed by atoms with van der Waals surface area (Å²) in [6.07, 6.45) is 7.95. The molecule has 0 saturated carbocycles. The van der Waals surface area contributed by atoms with Crippen LogP contribution in [0.15, 0.2) is 65.8 Å². The van der Waals surface area contributed by atoms with Crippen molar-refractivity contribution in [3.05, 3.63) is 66.5 Å². The van der Waals surface area contributed by atoms with Crippen molar-refractivity contribution >= 4 is 15.8 Å². The lowest BCUT2D eigenvalue weighted by atomic mass is 10.1. The lowest BCUT2D eigenvalue weighted by Gasteiger charge is -2.32. The Kier molecular flexibility index (Phi) is 6.23. The van der Waals surface area contributed by atoms with Gasteiger partial charge in [-0.05, 0) is 47.4 Å². The van der Waals surface area contributed by atoms with E-state index in [-0.39, 0.29) is 6.10 Å². The van der Waals surface area contributed by atoms with E-state index in [0.29, 0.717) is 4.90 Å². The first-order valence-corrected chi connectivity index (χ1v) is 12.4. The first-order valence-electron chi connectivity index (χ1n) is 10.6. The fraction of sp³-hybridized carbons (Fsp3) is 0.333. The summed E-state index contributed by atoms with van der Waals surface area (Å²) in [5.74, 6) is 1.61. The van der Waals surface area contributed by atoms with Gasteiger partial charge in [-0.3, -0.25) is 0 Å². The SMILES string of the molecule is CCc1cnc(N2CCC(Oc3ccc(-c4cccc(S(C)(=O)=O)c4)cc3)CC2)nc1. The number of hydrogen-bond acceptors (Lipinski definition) is 6. The highest BCUT2D eigenvalue weighted by molar-refractivity contribution is 7.90. The van der Waals surface area contributed by atoms with Gasteiger partial charge in [-0.25, -0.2) is 18.4 Å². The monoisotopic (exact) mass is 437 g/mol. The van der Waals surface area contributed by atoms with Gasteiger partial charge in [0, 0.05) is 44.6 Å². The Labute approximate surface area is 183 Å². The third kappa shape index (κ3) is 5.22. The van der Waals surface area contributed by atoms with Crippen LogP contribution in [0.25, 0.3) is 11.1 Å². The van der Waals surface area contributed by atoms with E-state index < -0.39 is 9.84 Å². The normalized spacial score (nSPS) is 15.1. The van der Waals surface area contributed by atoms with Crippen LogP contribution >= 0.6 is 0 Å². The van der Waals surface area contributed by atoms with Crippen LogP contribution in [0, 0.1) is 0 Å². The third-order valence-electron chi connectivity index (χ3n) is 5.58. The zero-order valence-corrected chi connectivity index (χ0v) is 18.7. The number of rotatable bonds is 6. The van der Waals surface area contributed by atoms with Crippen molar-refractivity contribution in [1.82, 2.24) is 9.97 Å². The molecule has 0 atom stereocenters. The van der Waals surface area contributed by atoms with Gasteiger partial charge in [0.15, 0.2) is 9.84 Å². The van der Waals surface area contributed by atoms with Gasteiger partial charge in [-0.2, -0.15) is 0 Å². The molecule has 0 aliphatic carbocycles. The molecule has 0 bridgehead atoms.